The molecule has 0 fully saturated rings. The molecule has 0 aliphatic rings. The second-order valence-corrected chi connectivity index (χ2v) is 6.57. The summed E-state index contributed by atoms with van der Waals surface area (Å²) < 4.78 is 13.7. The van der Waals surface area contributed by atoms with Crippen molar-refractivity contribution < 1.29 is 4.39 Å². The number of nitrogens with one attached hydrogen (secondary N) is 1. The smallest absolute Gasteiger partial charge is 0.127 e. The van der Waals surface area contributed by atoms with E-state index >= 15 is 0 Å². The van der Waals surface area contributed by atoms with Gasteiger partial charge in [0, 0.05) is 18.2 Å². The second kappa shape index (κ2) is 6.40. The molecule has 21 heavy (non-hydrogen) atoms. The van der Waals surface area contributed by atoms with Gasteiger partial charge in [0.15, 0.2) is 0 Å². The summed E-state index contributed by atoms with van der Waals surface area (Å²) in [5, 5.41) is 3.37. The molecule has 0 bridgehead atoms. The van der Waals surface area contributed by atoms with Gasteiger partial charge in [-0.1, -0.05) is 63.2 Å². The molecule has 2 rings (SSSR count). The van der Waals surface area contributed by atoms with Crippen molar-refractivity contribution in [1.29, 1.82) is 0 Å². The molecule has 1 atom stereocenters. The Labute approximate surface area is 127 Å². The van der Waals surface area contributed by atoms with Crippen LogP contribution in [0.5, 0.6) is 0 Å². The Balaban J connectivity index is 1.99. The highest BCUT2D eigenvalue weighted by Gasteiger charge is 2.13. The molecule has 0 spiro atoms. The lowest BCUT2D eigenvalue weighted by Crippen LogP contribution is -2.19. The fourth-order valence-corrected chi connectivity index (χ4v) is 2.33. The van der Waals surface area contributed by atoms with Gasteiger partial charge in [0.05, 0.1) is 0 Å². The lowest BCUT2D eigenvalue weighted by molar-refractivity contribution is 0.528. The van der Waals surface area contributed by atoms with Gasteiger partial charge in [-0.25, -0.2) is 4.39 Å². The van der Waals surface area contributed by atoms with E-state index in [-0.39, 0.29) is 17.3 Å². The lowest BCUT2D eigenvalue weighted by atomic mass is 9.87. The van der Waals surface area contributed by atoms with E-state index < -0.39 is 0 Å². The summed E-state index contributed by atoms with van der Waals surface area (Å²) in [6.07, 6.45) is 0. The molecule has 0 heterocycles. The van der Waals surface area contributed by atoms with Crippen LogP contribution in [0.4, 0.5) is 4.39 Å². The Kier molecular flexibility index (Phi) is 4.79. The monoisotopic (exact) mass is 285 g/mol. The molecule has 1 N–H and O–H groups in total. The van der Waals surface area contributed by atoms with Crippen molar-refractivity contribution in [1.82, 2.24) is 5.32 Å². The predicted molar refractivity (Wildman–Crippen MR) is 86.8 cm³/mol. The molecule has 0 amide bonds. The molecule has 0 aromatic heterocycles. The number of rotatable bonds is 4. The van der Waals surface area contributed by atoms with Crippen LogP contribution in [-0.4, -0.2) is 0 Å². The molecule has 0 aliphatic heterocycles. The second-order valence-electron chi connectivity index (χ2n) is 6.57. The molecular weight excluding hydrogens is 261 g/mol. The van der Waals surface area contributed by atoms with Gasteiger partial charge in [0.1, 0.15) is 5.82 Å². The molecule has 1 unspecified atom stereocenters. The molecule has 1 nitrogen and oxygen atoms in total. The van der Waals surface area contributed by atoms with Crippen molar-refractivity contribution in [2.45, 2.75) is 45.7 Å². The van der Waals surface area contributed by atoms with Gasteiger partial charge in [0.2, 0.25) is 0 Å². The van der Waals surface area contributed by atoms with Crippen LogP contribution < -0.4 is 5.32 Å². The first kappa shape index (κ1) is 15.7. The topological polar surface area (TPSA) is 12.0 Å². The summed E-state index contributed by atoms with van der Waals surface area (Å²) in [7, 11) is 0. The van der Waals surface area contributed by atoms with Gasteiger partial charge in [-0.3, -0.25) is 0 Å². The number of benzene rings is 2. The summed E-state index contributed by atoms with van der Waals surface area (Å²) in [5.41, 5.74) is 3.43. The maximum Gasteiger partial charge on any atom is 0.127 e. The van der Waals surface area contributed by atoms with Gasteiger partial charge in [-0.05, 0) is 29.5 Å². The van der Waals surface area contributed by atoms with Crippen molar-refractivity contribution in [3.05, 3.63) is 71.0 Å². The largest absolute Gasteiger partial charge is 0.306 e. The Morgan fingerprint density at radius 3 is 2.19 bits per heavy atom. The standard InChI is InChI=1S/C19H24FN/c1-14(17-7-5-6-8-18(17)20)21-13-15-9-11-16(12-10-15)19(2,3)4/h5-12,14,21H,13H2,1-4H3. The van der Waals surface area contributed by atoms with Gasteiger partial charge in [0.25, 0.3) is 0 Å². The zero-order valence-corrected chi connectivity index (χ0v) is 13.3. The van der Waals surface area contributed by atoms with Crippen LogP contribution in [0.1, 0.15) is 50.4 Å². The average Bonchev–Trinajstić information content (AvgIpc) is 2.45. The zero-order chi connectivity index (χ0) is 15.5. The number of hydrogen-bond acceptors (Lipinski definition) is 1. The fourth-order valence-electron chi connectivity index (χ4n) is 2.33. The third kappa shape index (κ3) is 4.15. The summed E-state index contributed by atoms with van der Waals surface area (Å²) in [6.45, 7) is 9.35. The van der Waals surface area contributed by atoms with E-state index in [1.807, 2.05) is 19.1 Å². The zero-order valence-electron chi connectivity index (χ0n) is 13.3. The molecule has 112 valence electrons. The third-order valence-corrected chi connectivity index (χ3v) is 3.80. The quantitative estimate of drug-likeness (QED) is 0.836. The van der Waals surface area contributed by atoms with Crippen LogP contribution in [0, 0.1) is 5.82 Å². The van der Waals surface area contributed by atoms with E-state index in [2.05, 4.69) is 50.4 Å². The maximum absolute atomic E-state index is 13.7. The van der Waals surface area contributed by atoms with Gasteiger partial charge >= 0.3 is 0 Å². The van der Waals surface area contributed by atoms with Crippen LogP contribution in [0.15, 0.2) is 48.5 Å². The first-order chi connectivity index (χ1) is 9.88. The Morgan fingerprint density at radius 2 is 1.62 bits per heavy atom. The van der Waals surface area contributed by atoms with Crippen molar-refractivity contribution in [3.63, 3.8) is 0 Å². The maximum atomic E-state index is 13.7. The average molecular weight is 285 g/mol. The lowest BCUT2D eigenvalue weighted by Gasteiger charge is -2.20. The van der Waals surface area contributed by atoms with E-state index in [1.165, 1.54) is 17.2 Å². The Bertz CT molecular complexity index is 581. The highest BCUT2D eigenvalue weighted by atomic mass is 19.1. The molecule has 0 radical (unpaired) electrons. The van der Waals surface area contributed by atoms with Crippen molar-refractivity contribution in [2.24, 2.45) is 0 Å². The van der Waals surface area contributed by atoms with E-state index in [0.717, 1.165) is 6.54 Å². The van der Waals surface area contributed by atoms with Crippen LogP contribution in [-0.2, 0) is 12.0 Å². The highest BCUT2D eigenvalue weighted by Crippen LogP contribution is 2.22. The van der Waals surface area contributed by atoms with E-state index in [4.69, 9.17) is 0 Å². The number of halogens is 1. The van der Waals surface area contributed by atoms with Gasteiger partial charge in [-0.15, -0.1) is 0 Å². The molecule has 0 saturated carbocycles. The minimum atomic E-state index is -0.152. The van der Waals surface area contributed by atoms with Crippen molar-refractivity contribution in [3.8, 4) is 0 Å². The van der Waals surface area contributed by atoms with Gasteiger partial charge in [-0.2, -0.15) is 0 Å². The first-order valence-electron chi connectivity index (χ1n) is 7.45. The SMILES string of the molecule is CC(NCc1ccc(C(C)(C)C)cc1)c1ccccc1F. The van der Waals surface area contributed by atoms with Crippen LogP contribution in [0.3, 0.4) is 0 Å². The molecule has 2 aromatic carbocycles. The van der Waals surface area contributed by atoms with Crippen LogP contribution >= 0.6 is 0 Å². The van der Waals surface area contributed by atoms with Gasteiger partial charge < -0.3 is 5.32 Å². The number of hydrogen-bond donors (Lipinski definition) is 1. The fraction of sp³-hybridized carbons (Fsp3) is 0.368. The van der Waals surface area contributed by atoms with Crippen molar-refractivity contribution >= 4 is 0 Å². The Morgan fingerprint density at radius 1 is 1.00 bits per heavy atom. The summed E-state index contributed by atoms with van der Waals surface area (Å²) in [6, 6.07) is 15.5. The molecular formula is C19H24FN. The van der Waals surface area contributed by atoms with Crippen LogP contribution in [0.25, 0.3) is 0 Å². The summed E-state index contributed by atoms with van der Waals surface area (Å²) in [4.78, 5) is 0. The third-order valence-electron chi connectivity index (χ3n) is 3.80. The molecule has 0 aliphatic carbocycles. The minimum absolute atomic E-state index is 0.00603. The van der Waals surface area contributed by atoms with Crippen LogP contribution in [0.2, 0.25) is 0 Å². The Hall–Kier alpha value is -1.67. The highest BCUT2D eigenvalue weighted by molar-refractivity contribution is 5.28. The molecule has 2 aromatic rings. The summed E-state index contributed by atoms with van der Waals surface area (Å²) in [5.74, 6) is -0.152. The minimum Gasteiger partial charge on any atom is -0.306 e. The normalized spacial score (nSPS) is 13.2. The van der Waals surface area contributed by atoms with E-state index in [0.29, 0.717) is 5.56 Å². The summed E-state index contributed by atoms with van der Waals surface area (Å²) >= 11 is 0. The predicted octanol–water partition coefficient (Wildman–Crippen LogP) is 4.97. The van der Waals surface area contributed by atoms with E-state index in [1.54, 1.807) is 6.07 Å². The van der Waals surface area contributed by atoms with Crippen molar-refractivity contribution in [2.75, 3.05) is 0 Å². The molecule has 0 saturated heterocycles. The molecule has 2 heteroatoms. The first-order valence-corrected chi connectivity index (χ1v) is 7.45. The van der Waals surface area contributed by atoms with E-state index in [9.17, 15) is 4.39 Å².